The van der Waals surface area contributed by atoms with Gasteiger partial charge in [0.05, 0.1) is 12.6 Å². The van der Waals surface area contributed by atoms with E-state index in [-0.39, 0.29) is 5.69 Å². The minimum absolute atomic E-state index is 0.361. The number of methoxy groups -OCH3 is 1. The Bertz CT molecular complexity index is 999. The Morgan fingerprint density at radius 3 is 2.96 bits per heavy atom. The molecule has 0 aliphatic carbocycles. The zero-order chi connectivity index (χ0) is 16.1. The largest absolute Gasteiger partial charge is 0.479 e. The predicted octanol–water partition coefficient (Wildman–Crippen LogP) is 2.39. The third-order valence-corrected chi connectivity index (χ3v) is 4.19. The van der Waals surface area contributed by atoms with Gasteiger partial charge in [0.2, 0.25) is 5.88 Å². The van der Waals surface area contributed by atoms with Crippen LogP contribution in [0.4, 0.5) is 5.82 Å². The lowest BCUT2D eigenvalue weighted by Gasteiger charge is -2.14. The maximum Gasteiger partial charge on any atom is 0.354 e. The van der Waals surface area contributed by atoms with Gasteiger partial charge in [-0.05, 0) is 29.8 Å². The van der Waals surface area contributed by atoms with E-state index in [9.17, 15) is 4.79 Å². The smallest absolute Gasteiger partial charge is 0.354 e. The molecule has 23 heavy (non-hydrogen) atoms. The van der Waals surface area contributed by atoms with Gasteiger partial charge in [0, 0.05) is 30.2 Å². The summed E-state index contributed by atoms with van der Waals surface area (Å²) in [4.78, 5) is 23.0. The molecule has 0 N–H and O–H groups in total. The summed E-state index contributed by atoms with van der Waals surface area (Å²) in [7, 11) is 3.43. The molecule has 0 bridgehead atoms. The van der Waals surface area contributed by atoms with Crippen LogP contribution in [-0.4, -0.2) is 28.7 Å². The maximum atomic E-state index is 12.7. The number of aromatic nitrogens is 3. The number of halogens is 1. The zero-order valence-electron chi connectivity index (χ0n) is 12.6. The molecule has 0 saturated carbocycles. The summed E-state index contributed by atoms with van der Waals surface area (Å²) in [5.74, 6) is 1.04. The van der Waals surface area contributed by atoms with E-state index in [1.807, 2.05) is 18.0 Å². The Hall–Kier alpha value is -2.60. The fraction of sp³-hybridized carbons (Fsp3) is 0.188. The van der Waals surface area contributed by atoms with Crippen molar-refractivity contribution in [3.63, 3.8) is 0 Å². The Balaban J connectivity index is 2.17. The summed E-state index contributed by atoms with van der Waals surface area (Å²) in [6.45, 7) is 0.674. The molecule has 0 spiro atoms. The Kier molecular flexibility index (Phi) is 3.02. The molecule has 0 radical (unpaired) electrons. The van der Waals surface area contributed by atoms with Crippen molar-refractivity contribution in [2.24, 2.45) is 0 Å². The molecule has 0 fully saturated rings. The second kappa shape index (κ2) is 4.96. The van der Waals surface area contributed by atoms with Gasteiger partial charge in [-0.2, -0.15) is 4.98 Å². The molecule has 3 aromatic rings. The maximum absolute atomic E-state index is 12.7. The Morgan fingerprint density at radius 2 is 2.17 bits per heavy atom. The van der Waals surface area contributed by atoms with Gasteiger partial charge in [-0.3, -0.25) is 4.57 Å². The highest BCUT2D eigenvalue weighted by molar-refractivity contribution is 6.31. The van der Waals surface area contributed by atoms with Crippen LogP contribution < -0.4 is 15.3 Å². The van der Waals surface area contributed by atoms with Crippen LogP contribution in [0.15, 0.2) is 35.3 Å². The molecule has 0 amide bonds. The lowest BCUT2D eigenvalue weighted by Crippen LogP contribution is -2.24. The number of pyridine rings is 1. The number of ether oxygens (including phenoxy) is 1. The van der Waals surface area contributed by atoms with Crippen molar-refractivity contribution >= 4 is 28.3 Å². The molecule has 1 aromatic carbocycles. The van der Waals surface area contributed by atoms with Crippen LogP contribution in [-0.2, 0) is 6.54 Å². The van der Waals surface area contributed by atoms with Crippen LogP contribution in [0.3, 0.4) is 0 Å². The molecule has 4 rings (SSSR count). The van der Waals surface area contributed by atoms with Crippen LogP contribution in [0.2, 0.25) is 5.02 Å². The van der Waals surface area contributed by atoms with Gasteiger partial charge < -0.3 is 9.64 Å². The molecule has 7 heteroatoms. The predicted molar refractivity (Wildman–Crippen MR) is 88.8 cm³/mol. The van der Waals surface area contributed by atoms with E-state index in [1.165, 1.54) is 11.7 Å². The van der Waals surface area contributed by atoms with Gasteiger partial charge in [0.15, 0.2) is 0 Å². The number of rotatable bonds is 2. The van der Waals surface area contributed by atoms with Gasteiger partial charge in [-0.15, -0.1) is 0 Å². The van der Waals surface area contributed by atoms with Gasteiger partial charge in [-0.25, -0.2) is 9.78 Å². The van der Waals surface area contributed by atoms with Crippen LogP contribution >= 0.6 is 11.6 Å². The number of benzene rings is 1. The monoisotopic (exact) mass is 328 g/mol. The van der Waals surface area contributed by atoms with Gasteiger partial charge in [0.1, 0.15) is 11.5 Å². The topological polar surface area (TPSA) is 60.3 Å². The molecular formula is C16H13ClN4O2. The number of nitrogens with zero attached hydrogens (tertiary/aromatic N) is 4. The van der Waals surface area contributed by atoms with Gasteiger partial charge in [-0.1, -0.05) is 11.6 Å². The van der Waals surface area contributed by atoms with E-state index < -0.39 is 0 Å². The highest BCUT2D eigenvalue weighted by Crippen LogP contribution is 2.37. The fourth-order valence-corrected chi connectivity index (χ4v) is 3.29. The highest BCUT2D eigenvalue weighted by Gasteiger charge is 2.25. The molecule has 0 unspecified atom stereocenters. The molecule has 1 aliphatic heterocycles. The fourth-order valence-electron chi connectivity index (χ4n) is 3.06. The molecule has 2 aromatic heterocycles. The third-order valence-electron chi connectivity index (χ3n) is 3.98. The standard InChI is InChI=1S/C16H13ClN4O2/c1-20-8-9-6-10(17)7-12-13(9)14(20)19-16(22)21(12)11-4-3-5-18-15(11)23-2/h3-7H,8H2,1-2H3. The van der Waals surface area contributed by atoms with Crippen molar-refractivity contribution in [1.29, 1.82) is 0 Å². The zero-order valence-corrected chi connectivity index (χ0v) is 13.3. The van der Waals surface area contributed by atoms with Gasteiger partial charge in [0.25, 0.3) is 0 Å². The minimum atomic E-state index is -0.388. The van der Waals surface area contributed by atoms with Crippen LogP contribution in [0.1, 0.15) is 5.56 Å². The second-order valence-electron chi connectivity index (χ2n) is 5.40. The summed E-state index contributed by atoms with van der Waals surface area (Å²) in [5, 5.41) is 1.51. The van der Waals surface area contributed by atoms with Crippen molar-refractivity contribution in [3.8, 4) is 11.6 Å². The first-order chi connectivity index (χ1) is 11.1. The van der Waals surface area contributed by atoms with Crippen molar-refractivity contribution in [2.45, 2.75) is 6.54 Å². The van der Waals surface area contributed by atoms with Crippen LogP contribution in [0.5, 0.6) is 5.88 Å². The average Bonchev–Trinajstić information content (AvgIpc) is 2.83. The minimum Gasteiger partial charge on any atom is -0.479 e. The SMILES string of the molecule is COc1ncccc1-n1c(=O)nc2c3c(cc(Cl)cc31)CN2C. The van der Waals surface area contributed by atoms with E-state index in [4.69, 9.17) is 16.3 Å². The summed E-state index contributed by atoms with van der Waals surface area (Å²) < 4.78 is 6.79. The third kappa shape index (κ3) is 1.98. The Labute approximate surface area is 136 Å². The highest BCUT2D eigenvalue weighted by atomic mass is 35.5. The van der Waals surface area contributed by atoms with Gasteiger partial charge >= 0.3 is 5.69 Å². The van der Waals surface area contributed by atoms with E-state index >= 15 is 0 Å². The molecule has 116 valence electrons. The summed E-state index contributed by atoms with van der Waals surface area (Å²) in [6, 6.07) is 7.21. The van der Waals surface area contributed by atoms with E-state index in [0.717, 1.165) is 10.9 Å². The number of hydrogen-bond acceptors (Lipinski definition) is 5. The van der Waals surface area contributed by atoms with E-state index in [2.05, 4.69) is 9.97 Å². The first kappa shape index (κ1) is 14.0. The first-order valence-corrected chi connectivity index (χ1v) is 7.43. The van der Waals surface area contributed by atoms with Crippen molar-refractivity contribution in [1.82, 2.24) is 14.5 Å². The molecule has 6 nitrogen and oxygen atoms in total. The lowest BCUT2D eigenvalue weighted by molar-refractivity contribution is 0.396. The van der Waals surface area contributed by atoms with Crippen molar-refractivity contribution in [2.75, 3.05) is 19.1 Å². The number of anilines is 1. The van der Waals surface area contributed by atoms with Crippen LogP contribution in [0.25, 0.3) is 16.6 Å². The molecule has 0 saturated heterocycles. The first-order valence-electron chi connectivity index (χ1n) is 7.06. The summed E-state index contributed by atoms with van der Waals surface area (Å²) in [5.41, 5.74) is 1.91. The van der Waals surface area contributed by atoms with E-state index in [1.54, 1.807) is 24.4 Å². The molecule has 3 heterocycles. The van der Waals surface area contributed by atoms with Crippen molar-refractivity contribution < 1.29 is 4.74 Å². The summed E-state index contributed by atoms with van der Waals surface area (Å²) in [6.07, 6.45) is 1.61. The molecule has 1 aliphatic rings. The average molecular weight is 329 g/mol. The number of hydrogen-bond donors (Lipinski definition) is 0. The quantitative estimate of drug-likeness (QED) is 0.723. The second-order valence-corrected chi connectivity index (χ2v) is 5.84. The molecule has 0 atom stereocenters. The van der Waals surface area contributed by atoms with Crippen LogP contribution in [0, 0.1) is 0 Å². The normalized spacial score (nSPS) is 12.9. The van der Waals surface area contributed by atoms with E-state index in [0.29, 0.717) is 34.5 Å². The summed E-state index contributed by atoms with van der Waals surface area (Å²) >= 11 is 6.26. The van der Waals surface area contributed by atoms with Crippen molar-refractivity contribution in [3.05, 3.63) is 51.5 Å². The molecular weight excluding hydrogens is 316 g/mol. The lowest BCUT2D eigenvalue weighted by atomic mass is 10.1. The Morgan fingerprint density at radius 1 is 1.35 bits per heavy atom.